The average molecular weight is 382 g/mol. The minimum Gasteiger partial charge on any atom is -0.229 e. The van der Waals surface area contributed by atoms with E-state index < -0.39 is 0 Å². The molecule has 3 aromatic rings. The number of thiophene rings is 1. The Bertz CT molecular complexity index is 921. The van der Waals surface area contributed by atoms with Crippen molar-refractivity contribution in [1.29, 1.82) is 5.26 Å². The highest BCUT2D eigenvalue weighted by Gasteiger charge is 2.18. The number of nitriles is 1. The highest BCUT2D eigenvalue weighted by molar-refractivity contribution is 7.99. The van der Waals surface area contributed by atoms with Crippen LogP contribution in [-0.4, -0.2) is 15.7 Å². The third kappa shape index (κ3) is 3.92. The minimum absolute atomic E-state index is 0.531. The normalized spacial score (nSPS) is 11.2. The second-order valence-corrected chi connectivity index (χ2v) is 8.67. The smallest absolute Gasteiger partial charge is 0.128 e. The summed E-state index contributed by atoms with van der Waals surface area (Å²) in [5.74, 6) is 1.44. The van der Waals surface area contributed by atoms with Crippen LogP contribution in [0.5, 0.6) is 0 Å². The monoisotopic (exact) mass is 381 g/mol. The molecule has 0 fully saturated rings. The van der Waals surface area contributed by atoms with E-state index in [0.717, 1.165) is 28.5 Å². The molecule has 0 aliphatic carbocycles. The molecule has 2 aromatic heterocycles. The summed E-state index contributed by atoms with van der Waals surface area (Å²) in [7, 11) is 0. The van der Waals surface area contributed by atoms with E-state index in [9.17, 15) is 0 Å². The summed E-state index contributed by atoms with van der Waals surface area (Å²) in [6.45, 7) is 6.64. The molecule has 0 N–H and O–H groups in total. The first-order valence-corrected chi connectivity index (χ1v) is 10.8. The molecule has 0 atom stereocenters. The number of unbranched alkanes of at least 4 members (excludes halogenated alkanes) is 1. The Hall–Kier alpha value is -1.90. The largest absolute Gasteiger partial charge is 0.229 e. The van der Waals surface area contributed by atoms with Crippen molar-refractivity contribution in [2.24, 2.45) is 0 Å². The molecule has 3 rings (SSSR count). The van der Waals surface area contributed by atoms with Crippen LogP contribution in [0, 0.1) is 11.3 Å². The van der Waals surface area contributed by atoms with Gasteiger partial charge in [0, 0.05) is 22.6 Å². The van der Waals surface area contributed by atoms with Gasteiger partial charge < -0.3 is 0 Å². The van der Waals surface area contributed by atoms with Crippen LogP contribution in [0.25, 0.3) is 21.3 Å². The van der Waals surface area contributed by atoms with Crippen LogP contribution in [0.4, 0.5) is 0 Å². The number of fused-ring (bicyclic) bond motifs is 1. The lowest BCUT2D eigenvalue weighted by Gasteiger charge is -2.09. The molecule has 0 aliphatic rings. The van der Waals surface area contributed by atoms with Crippen LogP contribution in [0.3, 0.4) is 0 Å². The zero-order valence-electron chi connectivity index (χ0n) is 15.5. The van der Waals surface area contributed by atoms with E-state index in [-0.39, 0.29) is 0 Å². The fourth-order valence-corrected chi connectivity index (χ4v) is 5.08. The fraction of sp³-hybridized carbons (Fsp3) is 0.381. The summed E-state index contributed by atoms with van der Waals surface area (Å²) in [6.07, 6.45) is 4.13. The number of nitrogens with zero attached hydrogens (tertiary/aromatic N) is 3. The number of aryl methyl sites for hydroxylation is 1. The van der Waals surface area contributed by atoms with E-state index in [0.29, 0.717) is 12.3 Å². The number of hydrogen-bond donors (Lipinski definition) is 0. The van der Waals surface area contributed by atoms with Crippen molar-refractivity contribution in [1.82, 2.24) is 9.97 Å². The van der Waals surface area contributed by atoms with Crippen molar-refractivity contribution in [3.63, 3.8) is 0 Å². The van der Waals surface area contributed by atoms with E-state index in [4.69, 9.17) is 5.26 Å². The van der Waals surface area contributed by atoms with Gasteiger partial charge in [0.1, 0.15) is 16.2 Å². The van der Waals surface area contributed by atoms with Gasteiger partial charge in [0.15, 0.2) is 0 Å². The lowest BCUT2D eigenvalue weighted by molar-refractivity contribution is 0.867. The molecule has 134 valence electrons. The third-order valence-electron chi connectivity index (χ3n) is 4.39. The van der Waals surface area contributed by atoms with Gasteiger partial charge in [-0.05, 0) is 29.9 Å². The number of rotatable bonds is 7. The molecule has 0 bridgehead atoms. The molecule has 0 amide bonds. The maximum Gasteiger partial charge on any atom is 0.128 e. The summed E-state index contributed by atoms with van der Waals surface area (Å²) in [4.78, 5) is 11.5. The SMILES string of the molecule is CCc1sc2ncnc(SCCCC#N)c2c1-c1ccc(C(C)C)cc1. The summed E-state index contributed by atoms with van der Waals surface area (Å²) < 4.78 is 0. The fourth-order valence-electron chi connectivity index (χ4n) is 2.97. The molecular formula is C21H23N3S2. The standard InChI is InChI=1S/C21H23N3S2/c1-4-17-18(16-9-7-15(8-10-16)14(2)3)19-20(25-12-6-5-11-22)23-13-24-21(19)26-17/h7-10,13-14H,4-6,12H2,1-3H3. The van der Waals surface area contributed by atoms with Gasteiger partial charge in [-0.3, -0.25) is 0 Å². The van der Waals surface area contributed by atoms with Crippen LogP contribution in [0.2, 0.25) is 0 Å². The van der Waals surface area contributed by atoms with Crippen LogP contribution in [0.15, 0.2) is 35.6 Å². The summed E-state index contributed by atoms with van der Waals surface area (Å²) in [5.41, 5.74) is 3.88. The Morgan fingerprint density at radius 2 is 1.96 bits per heavy atom. The lowest BCUT2D eigenvalue weighted by Crippen LogP contribution is -1.90. The summed E-state index contributed by atoms with van der Waals surface area (Å²) >= 11 is 3.51. The Labute approximate surface area is 163 Å². The second kappa shape index (κ2) is 8.66. The first-order valence-electron chi connectivity index (χ1n) is 9.02. The van der Waals surface area contributed by atoms with Crippen LogP contribution >= 0.6 is 23.1 Å². The molecule has 2 heterocycles. The number of thioether (sulfide) groups is 1. The Kier molecular flexibility index (Phi) is 6.29. The molecule has 0 radical (unpaired) electrons. The van der Waals surface area contributed by atoms with Crippen molar-refractivity contribution in [3.05, 3.63) is 41.0 Å². The van der Waals surface area contributed by atoms with E-state index in [1.165, 1.54) is 27.0 Å². The maximum absolute atomic E-state index is 8.74. The number of hydrogen-bond acceptors (Lipinski definition) is 5. The van der Waals surface area contributed by atoms with Gasteiger partial charge in [-0.15, -0.1) is 23.1 Å². The van der Waals surface area contributed by atoms with Crippen molar-refractivity contribution in [2.75, 3.05) is 5.75 Å². The van der Waals surface area contributed by atoms with Gasteiger partial charge in [0.2, 0.25) is 0 Å². The molecule has 0 unspecified atom stereocenters. The predicted octanol–water partition coefficient (Wildman–Crippen LogP) is 6.44. The van der Waals surface area contributed by atoms with E-state index in [1.54, 1.807) is 29.4 Å². The van der Waals surface area contributed by atoms with Crippen LogP contribution < -0.4 is 0 Å². The summed E-state index contributed by atoms with van der Waals surface area (Å²) in [5, 5.41) is 11.0. The number of benzene rings is 1. The molecule has 26 heavy (non-hydrogen) atoms. The van der Waals surface area contributed by atoms with Gasteiger partial charge in [0.05, 0.1) is 11.5 Å². The van der Waals surface area contributed by atoms with Crippen LogP contribution in [0.1, 0.15) is 50.0 Å². The van der Waals surface area contributed by atoms with Gasteiger partial charge in [-0.2, -0.15) is 5.26 Å². The zero-order chi connectivity index (χ0) is 18.5. The molecule has 0 saturated carbocycles. The molecule has 0 aliphatic heterocycles. The van der Waals surface area contributed by atoms with Gasteiger partial charge in [-0.25, -0.2) is 9.97 Å². The molecule has 5 heteroatoms. The van der Waals surface area contributed by atoms with Crippen molar-refractivity contribution >= 4 is 33.3 Å². The number of aromatic nitrogens is 2. The average Bonchev–Trinajstić information content (AvgIpc) is 3.04. The second-order valence-electron chi connectivity index (χ2n) is 6.50. The van der Waals surface area contributed by atoms with Crippen LogP contribution in [-0.2, 0) is 6.42 Å². The molecule has 0 spiro atoms. The minimum atomic E-state index is 0.531. The van der Waals surface area contributed by atoms with Crippen molar-refractivity contribution in [3.8, 4) is 17.2 Å². The molecule has 1 aromatic carbocycles. The first kappa shape index (κ1) is 18.9. The third-order valence-corrected chi connectivity index (χ3v) is 6.70. The highest BCUT2D eigenvalue weighted by atomic mass is 32.2. The van der Waals surface area contributed by atoms with E-state index in [2.05, 4.69) is 61.1 Å². The van der Waals surface area contributed by atoms with Crippen molar-refractivity contribution < 1.29 is 0 Å². The Balaban J connectivity index is 2.06. The quantitative estimate of drug-likeness (QED) is 0.268. The molecular weight excluding hydrogens is 358 g/mol. The molecule has 0 saturated heterocycles. The van der Waals surface area contributed by atoms with Gasteiger partial charge >= 0.3 is 0 Å². The molecule has 3 nitrogen and oxygen atoms in total. The Morgan fingerprint density at radius 3 is 2.62 bits per heavy atom. The van der Waals surface area contributed by atoms with Gasteiger partial charge in [0.25, 0.3) is 0 Å². The van der Waals surface area contributed by atoms with E-state index >= 15 is 0 Å². The first-order chi connectivity index (χ1) is 12.7. The maximum atomic E-state index is 8.74. The van der Waals surface area contributed by atoms with Crippen molar-refractivity contribution in [2.45, 2.75) is 51.0 Å². The highest BCUT2D eigenvalue weighted by Crippen LogP contribution is 2.42. The predicted molar refractivity (Wildman–Crippen MR) is 112 cm³/mol. The van der Waals surface area contributed by atoms with Gasteiger partial charge in [-0.1, -0.05) is 45.0 Å². The zero-order valence-corrected chi connectivity index (χ0v) is 17.1. The van der Waals surface area contributed by atoms with E-state index in [1.807, 2.05) is 0 Å². The topological polar surface area (TPSA) is 49.6 Å². The lowest BCUT2D eigenvalue weighted by atomic mass is 9.97. The summed E-state index contributed by atoms with van der Waals surface area (Å²) in [6, 6.07) is 11.1. The Morgan fingerprint density at radius 1 is 1.19 bits per heavy atom.